The van der Waals surface area contributed by atoms with Crippen molar-refractivity contribution < 1.29 is 14.3 Å². The highest BCUT2D eigenvalue weighted by atomic mass is 16.3. The Hall–Kier alpha value is -1.61. The summed E-state index contributed by atoms with van der Waals surface area (Å²) < 4.78 is 5.72. The molecule has 0 bridgehead atoms. The molecule has 4 aliphatic carbocycles. The van der Waals surface area contributed by atoms with Crippen LogP contribution >= 0.6 is 0 Å². The van der Waals surface area contributed by atoms with Crippen molar-refractivity contribution in [3.05, 3.63) is 40.9 Å². The first-order chi connectivity index (χ1) is 13.3. The molecule has 0 aromatic carbocycles. The Bertz CT molecular complexity index is 874. The molecule has 5 rings (SSSR count). The number of rotatable bonds is 1. The number of ketones is 1. The third-order valence-corrected chi connectivity index (χ3v) is 8.80. The molecule has 3 saturated carbocycles. The lowest BCUT2D eigenvalue weighted by atomic mass is 9.48. The smallest absolute Gasteiger partial charge is 0.165 e. The van der Waals surface area contributed by atoms with Gasteiger partial charge in [0.1, 0.15) is 11.5 Å². The predicted molar refractivity (Wildman–Crippen MR) is 110 cm³/mol. The number of Topliss-reactive ketones (excluding diaryl/α,β-unsaturated/α-hetero) is 1. The van der Waals surface area contributed by atoms with Crippen LogP contribution in [0.1, 0.15) is 70.3 Å². The number of allylic oxidation sites excluding steroid dienone is 2. The minimum absolute atomic E-state index is 0.163. The van der Waals surface area contributed by atoms with Crippen LogP contribution in [0.3, 0.4) is 0 Å². The maximum absolute atomic E-state index is 13.4. The van der Waals surface area contributed by atoms with E-state index in [1.807, 2.05) is 25.1 Å². The van der Waals surface area contributed by atoms with Gasteiger partial charge in [0.2, 0.25) is 0 Å². The maximum atomic E-state index is 13.4. The Morgan fingerprint density at radius 2 is 1.89 bits per heavy atom. The molecule has 3 fully saturated rings. The molecule has 0 saturated heterocycles. The van der Waals surface area contributed by atoms with Gasteiger partial charge in [-0.05, 0) is 98.8 Å². The monoisotopic (exact) mass is 380 g/mol. The highest BCUT2D eigenvalue weighted by Gasteiger charge is 2.59. The molecule has 1 N–H and O–H groups in total. The van der Waals surface area contributed by atoms with E-state index in [0.29, 0.717) is 23.5 Å². The number of carbonyl (C=O) groups excluding carboxylic acids is 1. The topological polar surface area (TPSA) is 50.4 Å². The molecule has 1 aromatic heterocycles. The largest absolute Gasteiger partial charge is 0.462 e. The lowest BCUT2D eigenvalue weighted by Gasteiger charge is -2.56. The second-order valence-electron chi connectivity index (χ2n) is 10.3. The summed E-state index contributed by atoms with van der Waals surface area (Å²) in [5.74, 6) is 3.70. The predicted octanol–water partition coefficient (Wildman–Crippen LogP) is 5.47. The highest BCUT2D eigenvalue weighted by molar-refractivity contribution is 6.05. The summed E-state index contributed by atoms with van der Waals surface area (Å²) in [5, 5.41) is 10.2. The van der Waals surface area contributed by atoms with Gasteiger partial charge in [-0.3, -0.25) is 4.79 Å². The van der Waals surface area contributed by atoms with Crippen molar-refractivity contribution in [2.45, 2.75) is 71.8 Å². The Balaban J connectivity index is 1.48. The van der Waals surface area contributed by atoms with E-state index in [1.165, 1.54) is 5.57 Å². The minimum atomic E-state index is -0.218. The van der Waals surface area contributed by atoms with Crippen molar-refractivity contribution in [3.63, 3.8) is 0 Å². The summed E-state index contributed by atoms with van der Waals surface area (Å²) in [7, 11) is 0. The van der Waals surface area contributed by atoms with Crippen molar-refractivity contribution >= 4 is 11.9 Å². The summed E-state index contributed by atoms with van der Waals surface area (Å²) in [4.78, 5) is 13.4. The van der Waals surface area contributed by atoms with Crippen molar-refractivity contribution in [3.8, 4) is 0 Å². The van der Waals surface area contributed by atoms with Gasteiger partial charge in [0.25, 0.3) is 0 Å². The standard InChI is InChI=1S/C25H32O3/c1-15-4-6-19(28-15)12-16-13-22-20-7-5-17-14-18(26)8-10-24(17,2)21(20)9-11-25(22,3)23(16)27/h4-6,12,18,20-22,26H,7-11,13-14H2,1-3H3/b16-12+/t18-,20+,21-,22-,24+,25+/m1/s1. The lowest BCUT2D eigenvalue weighted by Crippen LogP contribution is -2.50. The quantitative estimate of drug-likeness (QED) is 0.519. The average Bonchev–Trinajstić information content (AvgIpc) is 3.18. The lowest BCUT2D eigenvalue weighted by molar-refractivity contribution is -0.130. The van der Waals surface area contributed by atoms with E-state index in [1.54, 1.807) is 0 Å². The molecular weight excluding hydrogens is 348 g/mol. The zero-order chi connectivity index (χ0) is 19.7. The fraction of sp³-hybridized carbons (Fsp3) is 0.640. The summed E-state index contributed by atoms with van der Waals surface area (Å²) in [6.07, 6.45) is 11.2. The second-order valence-corrected chi connectivity index (χ2v) is 10.3. The van der Waals surface area contributed by atoms with Gasteiger partial charge in [-0.2, -0.15) is 0 Å². The van der Waals surface area contributed by atoms with E-state index >= 15 is 0 Å². The fourth-order valence-electron chi connectivity index (χ4n) is 7.14. The van der Waals surface area contributed by atoms with Crippen LogP contribution in [0.25, 0.3) is 6.08 Å². The van der Waals surface area contributed by atoms with Gasteiger partial charge in [-0.1, -0.05) is 25.5 Å². The third-order valence-electron chi connectivity index (χ3n) is 8.80. The van der Waals surface area contributed by atoms with E-state index in [4.69, 9.17) is 4.42 Å². The first-order valence-electron chi connectivity index (χ1n) is 11.0. The van der Waals surface area contributed by atoms with E-state index < -0.39 is 0 Å². The van der Waals surface area contributed by atoms with Gasteiger partial charge in [0.05, 0.1) is 6.10 Å². The van der Waals surface area contributed by atoms with E-state index in [9.17, 15) is 9.90 Å². The number of hydrogen-bond donors (Lipinski definition) is 1. The van der Waals surface area contributed by atoms with Crippen molar-refractivity contribution in [2.75, 3.05) is 0 Å². The van der Waals surface area contributed by atoms with Crippen molar-refractivity contribution in [1.29, 1.82) is 0 Å². The van der Waals surface area contributed by atoms with Crippen LogP contribution in [-0.4, -0.2) is 17.0 Å². The molecule has 0 aliphatic heterocycles. The van der Waals surface area contributed by atoms with Gasteiger partial charge in [-0.15, -0.1) is 0 Å². The highest BCUT2D eigenvalue weighted by Crippen LogP contribution is 2.64. The van der Waals surface area contributed by atoms with Gasteiger partial charge >= 0.3 is 0 Å². The number of hydrogen-bond acceptors (Lipinski definition) is 3. The maximum Gasteiger partial charge on any atom is 0.165 e. The number of aliphatic hydroxyl groups is 1. The zero-order valence-electron chi connectivity index (χ0n) is 17.3. The third kappa shape index (κ3) is 2.55. The fourth-order valence-corrected chi connectivity index (χ4v) is 7.14. The van der Waals surface area contributed by atoms with E-state index in [2.05, 4.69) is 19.9 Å². The normalized spacial score (nSPS) is 44.1. The first kappa shape index (κ1) is 18.4. The number of aryl methyl sites for hydroxylation is 1. The molecule has 150 valence electrons. The molecule has 0 spiro atoms. The van der Waals surface area contributed by atoms with Crippen LogP contribution in [0.2, 0.25) is 0 Å². The Labute approximate surface area is 167 Å². The summed E-state index contributed by atoms with van der Waals surface area (Å²) in [6, 6.07) is 3.93. The van der Waals surface area contributed by atoms with E-state index in [0.717, 1.165) is 62.0 Å². The number of carbonyl (C=O) groups is 1. The van der Waals surface area contributed by atoms with Crippen molar-refractivity contribution in [2.24, 2.45) is 28.6 Å². The molecule has 0 unspecified atom stereocenters. The Morgan fingerprint density at radius 3 is 2.64 bits per heavy atom. The van der Waals surface area contributed by atoms with Gasteiger partial charge < -0.3 is 9.52 Å². The molecule has 3 nitrogen and oxygen atoms in total. The molecule has 0 amide bonds. The summed E-state index contributed by atoms with van der Waals surface area (Å²) >= 11 is 0. The van der Waals surface area contributed by atoms with Crippen LogP contribution in [-0.2, 0) is 4.79 Å². The van der Waals surface area contributed by atoms with Gasteiger partial charge in [0, 0.05) is 5.41 Å². The van der Waals surface area contributed by atoms with Gasteiger partial charge in [-0.25, -0.2) is 0 Å². The number of aliphatic hydroxyl groups excluding tert-OH is 1. The molecule has 0 radical (unpaired) electrons. The minimum Gasteiger partial charge on any atom is -0.462 e. The van der Waals surface area contributed by atoms with Gasteiger partial charge in [0.15, 0.2) is 5.78 Å². The van der Waals surface area contributed by atoms with Crippen molar-refractivity contribution in [1.82, 2.24) is 0 Å². The molecule has 6 atom stereocenters. The summed E-state index contributed by atoms with van der Waals surface area (Å²) in [5.41, 5.74) is 2.45. The molecule has 4 aliphatic rings. The molecular formula is C25H32O3. The van der Waals surface area contributed by atoms with Crippen LogP contribution in [0.15, 0.2) is 33.8 Å². The second kappa shape index (κ2) is 6.19. The molecule has 1 heterocycles. The molecule has 3 heteroatoms. The zero-order valence-corrected chi connectivity index (χ0v) is 17.3. The van der Waals surface area contributed by atoms with Crippen LogP contribution in [0.5, 0.6) is 0 Å². The number of furan rings is 1. The van der Waals surface area contributed by atoms with Crippen LogP contribution < -0.4 is 0 Å². The first-order valence-corrected chi connectivity index (χ1v) is 11.0. The average molecular weight is 381 g/mol. The molecule has 1 aromatic rings. The molecule has 28 heavy (non-hydrogen) atoms. The Morgan fingerprint density at radius 1 is 1.11 bits per heavy atom. The van der Waals surface area contributed by atoms with Crippen LogP contribution in [0, 0.1) is 35.5 Å². The Kier molecular flexibility index (Phi) is 4.07. The van der Waals surface area contributed by atoms with E-state index in [-0.39, 0.29) is 16.9 Å². The number of fused-ring (bicyclic) bond motifs is 5. The summed E-state index contributed by atoms with van der Waals surface area (Å²) in [6.45, 7) is 6.60. The van der Waals surface area contributed by atoms with Crippen LogP contribution in [0.4, 0.5) is 0 Å². The SMILES string of the molecule is Cc1ccc(/C=C2\C[C@@H]3[C@H]4CC=C5C[C@H](O)CC[C@]5(C)[C@@H]4CC[C@]3(C)C2=O)o1.